The molecule has 1 aromatic heterocycles. The summed E-state index contributed by atoms with van der Waals surface area (Å²) in [6, 6.07) is 3.72. The summed E-state index contributed by atoms with van der Waals surface area (Å²) in [5.74, 6) is 0.339. The van der Waals surface area contributed by atoms with Crippen molar-refractivity contribution >= 4 is 39.1 Å². The zero-order valence-corrected chi connectivity index (χ0v) is 13.2. The highest BCUT2D eigenvalue weighted by atomic mass is 79.9. The second kappa shape index (κ2) is 5.22. The Kier molecular flexibility index (Phi) is 3.56. The number of benzene rings is 1. The van der Waals surface area contributed by atoms with Crippen LogP contribution in [0.1, 0.15) is 28.4 Å². The van der Waals surface area contributed by atoms with Crippen molar-refractivity contribution in [2.24, 2.45) is 0 Å². The minimum Gasteiger partial charge on any atom is -0.448 e. The first-order chi connectivity index (χ1) is 9.56. The molecule has 1 amide bonds. The number of hydrogen-bond donors (Lipinski definition) is 0. The van der Waals surface area contributed by atoms with Crippen LogP contribution in [0.3, 0.4) is 0 Å². The third kappa shape index (κ3) is 2.36. The smallest absolute Gasteiger partial charge is 0.280 e. The Morgan fingerprint density at radius 3 is 3.00 bits per heavy atom. The largest absolute Gasteiger partial charge is 0.448 e. The van der Waals surface area contributed by atoms with E-state index in [9.17, 15) is 4.79 Å². The van der Waals surface area contributed by atoms with Gasteiger partial charge in [0.15, 0.2) is 11.6 Å². The second-order valence-electron chi connectivity index (χ2n) is 4.71. The summed E-state index contributed by atoms with van der Waals surface area (Å²) in [4.78, 5) is 18.4. The van der Waals surface area contributed by atoms with E-state index in [-0.39, 0.29) is 5.91 Å². The molecular formula is C14H12BrClN2O2. The highest BCUT2D eigenvalue weighted by Gasteiger charge is 2.27. The maximum absolute atomic E-state index is 12.6. The lowest BCUT2D eigenvalue weighted by atomic mass is 10.0. The number of fused-ring (bicyclic) bond motifs is 1. The van der Waals surface area contributed by atoms with Crippen molar-refractivity contribution in [3.63, 3.8) is 0 Å². The number of halogens is 2. The Hall–Kier alpha value is -1.33. The lowest BCUT2D eigenvalue weighted by Crippen LogP contribution is -2.36. The normalized spacial score (nSPS) is 14.2. The topological polar surface area (TPSA) is 46.3 Å². The van der Waals surface area contributed by atoms with Gasteiger partial charge in [-0.2, -0.15) is 0 Å². The van der Waals surface area contributed by atoms with Crippen molar-refractivity contribution < 1.29 is 9.21 Å². The fourth-order valence-corrected chi connectivity index (χ4v) is 3.54. The molecule has 1 aromatic carbocycles. The molecule has 0 fully saturated rings. The average molecular weight is 356 g/mol. The molecule has 0 radical (unpaired) electrons. The van der Waals surface area contributed by atoms with E-state index in [1.54, 1.807) is 17.9 Å². The van der Waals surface area contributed by atoms with Crippen molar-refractivity contribution in [2.75, 3.05) is 11.4 Å². The Labute approximate surface area is 129 Å². The van der Waals surface area contributed by atoms with Gasteiger partial charge in [0.25, 0.3) is 5.91 Å². The number of rotatable bonds is 1. The van der Waals surface area contributed by atoms with Crippen molar-refractivity contribution in [3.05, 3.63) is 45.0 Å². The molecule has 3 rings (SSSR count). The number of anilines is 1. The van der Waals surface area contributed by atoms with Gasteiger partial charge in [-0.25, -0.2) is 4.98 Å². The van der Waals surface area contributed by atoms with Gasteiger partial charge in [-0.1, -0.05) is 11.6 Å². The molecule has 1 aliphatic rings. The Balaban J connectivity index is 2.04. The highest BCUT2D eigenvalue weighted by Crippen LogP contribution is 2.37. The summed E-state index contributed by atoms with van der Waals surface area (Å²) in [6.45, 7) is 2.38. The summed E-state index contributed by atoms with van der Waals surface area (Å²) < 4.78 is 5.95. The van der Waals surface area contributed by atoms with Gasteiger partial charge < -0.3 is 9.32 Å². The second-order valence-corrected chi connectivity index (χ2v) is 6.00. The quantitative estimate of drug-likeness (QED) is 0.777. The van der Waals surface area contributed by atoms with Crippen molar-refractivity contribution in [1.82, 2.24) is 4.98 Å². The predicted octanol–water partition coefficient (Wildman–Crippen LogP) is 3.99. The van der Waals surface area contributed by atoms with Gasteiger partial charge in [0.1, 0.15) is 6.26 Å². The van der Waals surface area contributed by atoms with Crippen molar-refractivity contribution in [3.8, 4) is 0 Å². The molecular weight excluding hydrogens is 344 g/mol. The lowest BCUT2D eigenvalue weighted by Gasteiger charge is -2.30. The number of carbonyl (C=O) groups excluding carboxylic acids is 1. The molecule has 6 heteroatoms. The van der Waals surface area contributed by atoms with Crippen LogP contribution >= 0.6 is 27.5 Å². The maximum atomic E-state index is 12.6. The Morgan fingerprint density at radius 1 is 1.50 bits per heavy atom. The van der Waals surface area contributed by atoms with E-state index in [4.69, 9.17) is 16.0 Å². The number of aryl methyl sites for hydroxylation is 2. The van der Waals surface area contributed by atoms with E-state index in [1.165, 1.54) is 6.26 Å². The monoisotopic (exact) mass is 354 g/mol. The summed E-state index contributed by atoms with van der Waals surface area (Å²) in [5, 5.41) is 0.669. The van der Waals surface area contributed by atoms with Gasteiger partial charge >= 0.3 is 0 Å². The molecule has 0 spiro atoms. The van der Waals surface area contributed by atoms with Gasteiger partial charge in [0, 0.05) is 23.0 Å². The number of hydrogen-bond acceptors (Lipinski definition) is 3. The molecule has 0 N–H and O–H groups in total. The van der Waals surface area contributed by atoms with Gasteiger partial charge in [-0.05, 0) is 46.5 Å². The van der Waals surface area contributed by atoms with Crippen molar-refractivity contribution in [1.29, 1.82) is 0 Å². The van der Waals surface area contributed by atoms with Crippen LogP contribution in [0, 0.1) is 6.92 Å². The minimum atomic E-state index is -0.147. The Morgan fingerprint density at radius 2 is 2.30 bits per heavy atom. The fourth-order valence-electron chi connectivity index (χ4n) is 2.45. The van der Waals surface area contributed by atoms with Gasteiger partial charge in [-0.15, -0.1) is 0 Å². The zero-order chi connectivity index (χ0) is 14.3. The van der Waals surface area contributed by atoms with E-state index >= 15 is 0 Å². The minimum absolute atomic E-state index is 0.147. The first kappa shape index (κ1) is 13.6. The number of carbonyl (C=O) groups is 1. The van der Waals surface area contributed by atoms with Crippen molar-refractivity contribution in [2.45, 2.75) is 19.8 Å². The van der Waals surface area contributed by atoms with Crippen LogP contribution in [0.25, 0.3) is 0 Å². The molecule has 2 heterocycles. The molecule has 20 heavy (non-hydrogen) atoms. The molecule has 0 unspecified atom stereocenters. The summed E-state index contributed by atoms with van der Waals surface area (Å²) in [6.07, 6.45) is 3.22. The molecule has 0 bridgehead atoms. The van der Waals surface area contributed by atoms with Gasteiger partial charge in [0.05, 0.1) is 5.69 Å². The van der Waals surface area contributed by atoms with Crippen LogP contribution in [0.2, 0.25) is 5.02 Å². The molecule has 0 saturated heterocycles. The number of amides is 1. The zero-order valence-electron chi connectivity index (χ0n) is 10.8. The molecule has 2 aromatic rings. The van der Waals surface area contributed by atoms with Crippen LogP contribution in [0.4, 0.5) is 5.69 Å². The molecule has 0 atom stereocenters. The molecule has 0 aliphatic carbocycles. The van der Waals surface area contributed by atoms with Gasteiger partial charge in [-0.3, -0.25) is 4.79 Å². The maximum Gasteiger partial charge on any atom is 0.280 e. The highest BCUT2D eigenvalue weighted by molar-refractivity contribution is 9.10. The molecule has 1 aliphatic heterocycles. The number of nitrogens with zero attached hydrogens (tertiary/aromatic N) is 2. The van der Waals surface area contributed by atoms with Crippen LogP contribution in [-0.2, 0) is 6.42 Å². The fraction of sp³-hybridized carbons (Fsp3) is 0.286. The SMILES string of the molecule is Cc1nc(C(=O)N2CCCc3cc(Cl)cc(Br)c32)co1. The Bertz CT molecular complexity index is 684. The van der Waals surface area contributed by atoms with E-state index in [1.807, 2.05) is 6.07 Å². The van der Waals surface area contributed by atoms with E-state index in [2.05, 4.69) is 20.9 Å². The van der Waals surface area contributed by atoms with E-state index in [0.29, 0.717) is 23.2 Å². The van der Waals surface area contributed by atoms with Crippen LogP contribution < -0.4 is 4.90 Å². The lowest BCUT2D eigenvalue weighted by molar-refractivity contribution is 0.0980. The molecule has 4 nitrogen and oxygen atoms in total. The molecule has 104 valence electrons. The van der Waals surface area contributed by atoms with Crippen LogP contribution in [-0.4, -0.2) is 17.4 Å². The third-order valence-corrected chi connectivity index (χ3v) is 4.11. The summed E-state index contributed by atoms with van der Waals surface area (Å²) >= 11 is 9.57. The average Bonchev–Trinajstić information content (AvgIpc) is 2.83. The van der Waals surface area contributed by atoms with Crippen LogP contribution in [0.15, 0.2) is 27.3 Å². The third-order valence-electron chi connectivity index (χ3n) is 3.29. The summed E-state index contributed by atoms with van der Waals surface area (Å²) in [7, 11) is 0. The molecule has 0 saturated carbocycles. The van der Waals surface area contributed by atoms with Gasteiger partial charge in [0.2, 0.25) is 0 Å². The number of oxazole rings is 1. The van der Waals surface area contributed by atoms with E-state index < -0.39 is 0 Å². The number of aromatic nitrogens is 1. The first-order valence-corrected chi connectivity index (χ1v) is 7.45. The van der Waals surface area contributed by atoms with E-state index in [0.717, 1.165) is 28.6 Å². The first-order valence-electron chi connectivity index (χ1n) is 6.28. The predicted molar refractivity (Wildman–Crippen MR) is 80.4 cm³/mol. The summed E-state index contributed by atoms with van der Waals surface area (Å²) in [5.41, 5.74) is 2.28. The van der Waals surface area contributed by atoms with Crippen LogP contribution in [0.5, 0.6) is 0 Å². The standard InChI is InChI=1S/C14H12BrClN2O2/c1-8-17-12(7-20-8)14(19)18-4-2-3-9-5-10(16)6-11(15)13(9)18/h5-7H,2-4H2,1H3.